The predicted molar refractivity (Wildman–Crippen MR) is 93.5 cm³/mol. The summed E-state index contributed by atoms with van der Waals surface area (Å²) in [4.78, 5) is 13.3. The Morgan fingerprint density at radius 2 is 2.00 bits per heavy atom. The number of amides is 1. The van der Waals surface area contributed by atoms with Gasteiger partial charge in [0.1, 0.15) is 11.5 Å². The summed E-state index contributed by atoms with van der Waals surface area (Å²) in [5.41, 5.74) is 0.375. The Balaban J connectivity index is 2.10. The van der Waals surface area contributed by atoms with E-state index in [1.165, 1.54) is 18.4 Å². The summed E-state index contributed by atoms with van der Waals surface area (Å²) in [5.74, 6) is -0.378. The van der Waals surface area contributed by atoms with Crippen LogP contribution in [0, 0.1) is 0 Å². The van der Waals surface area contributed by atoms with Crippen LogP contribution in [0.5, 0.6) is 5.75 Å². The highest BCUT2D eigenvalue weighted by Crippen LogP contribution is 2.27. The maximum atomic E-state index is 12.4. The van der Waals surface area contributed by atoms with Crippen molar-refractivity contribution >= 4 is 16.0 Å². The molecule has 1 heterocycles. The van der Waals surface area contributed by atoms with E-state index in [0.717, 1.165) is 6.07 Å². The number of alkyl halides is 3. The van der Waals surface area contributed by atoms with Gasteiger partial charge in [0.2, 0.25) is 5.91 Å². The first-order valence-corrected chi connectivity index (χ1v) is 9.56. The topological polar surface area (TPSA) is 103 Å². The molecule has 0 aliphatic carbocycles. The van der Waals surface area contributed by atoms with Crippen LogP contribution in [0.25, 0.3) is 0 Å². The van der Waals surface area contributed by atoms with Gasteiger partial charge in [-0.2, -0.15) is 21.6 Å². The Morgan fingerprint density at radius 3 is 2.57 bits per heavy atom. The van der Waals surface area contributed by atoms with Gasteiger partial charge in [0, 0.05) is 6.54 Å². The molecule has 1 amide bonds. The molecule has 2 N–H and O–H groups in total. The number of hydrogen-bond donors (Lipinski definition) is 1. The summed E-state index contributed by atoms with van der Waals surface area (Å²) in [7, 11) is -5.74. The lowest BCUT2D eigenvalue weighted by Crippen LogP contribution is -2.43. The molecule has 0 spiro atoms. The minimum atomic E-state index is -5.74. The summed E-state index contributed by atoms with van der Waals surface area (Å²) in [6.45, 7) is 2.25. The van der Waals surface area contributed by atoms with Crippen LogP contribution < -0.4 is 9.92 Å². The zero-order valence-electron chi connectivity index (χ0n) is 14.8. The van der Waals surface area contributed by atoms with E-state index in [-0.39, 0.29) is 0 Å². The van der Waals surface area contributed by atoms with Crippen LogP contribution in [0.15, 0.2) is 47.1 Å². The van der Waals surface area contributed by atoms with Gasteiger partial charge < -0.3 is 14.3 Å². The zero-order chi connectivity index (χ0) is 20.9. The lowest BCUT2D eigenvalue weighted by Gasteiger charge is -2.26. The van der Waals surface area contributed by atoms with E-state index < -0.39 is 33.3 Å². The molecule has 1 atom stereocenters. The zero-order valence-corrected chi connectivity index (χ0v) is 15.7. The van der Waals surface area contributed by atoms with E-state index in [4.69, 9.17) is 10.2 Å². The van der Waals surface area contributed by atoms with Crippen LogP contribution in [0.2, 0.25) is 0 Å². The molecule has 0 radical (unpaired) electrons. The van der Waals surface area contributed by atoms with Crippen molar-refractivity contribution in [2.75, 3.05) is 6.54 Å². The van der Waals surface area contributed by atoms with Gasteiger partial charge in [-0.05, 0) is 43.2 Å². The number of carbonyl (C=O) groups excluding carboxylic acids is 1. The third-order valence-corrected chi connectivity index (χ3v) is 4.95. The first kappa shape index (κ1) is 21.8. The van der Waals surface area contributed by atoms with Crippen LogP contribution in [0.3, 0.4) is 0 Å². The average Bonchev–Trinajstić information content (AvgIpc) is 3.10. The van der Waals surface area contributed by atoms with Crippen molar-refractivity contribution in [3.8, 4) is 5.75 Å². The molecule has 154 valence electrons. The van der Waals surface area contributed by atoms with Crippen molar-refractivity contribution < 1.29 is 35.0 Å². The molecule has 2 rings (SSSR count). The number of nitrogens with two attached hydrogens (primary N) is 1. The molecular weight excluding hydrogens is 401 g/mol. The fourth-order valence-electron chi connectivity index (χ4n) is 2.39. The molecule has 1 unspecified atom stereocenters. The summed E-state index contributed by atoms with van der Waals surface area (Å²) in [5, 5.41) is 0. The molecule has 2 aromatic rings. The number of rotatable bonds is 9. The van der Waals surface area contributed by atoms with Gasteiger partial charge in [-0.3, -0.25) is 9.69 Å². The van der Waals surface area contributed by atoms with Crippen molar-refractivity contribution in [3.05, 3.63) is 54.0 Å². The van der Waals surface area contributed by atoms with E-state index in [1.54, 1.807) is 30.0 Å². The predicted octanol–water partition coefficient (Wildman–Crippen LogP) is 2.43. The van der Waals surface area contributed by atoms with E-state index in [0.29, 0.717) is 30.8 Å². The molecule has 1 aromatic carbocycles. The summed E-state index contributed by atoms with van der Waals surface area (Å²) in [6.07, 6.45) is 1.80. The maximum absolute atomic E-state index is 12.4. The largest absolute Gasteiger partial charge is 0.534 e. The molecule has 0 aliphatic heterocycles. The second-order valence-electron chi connectivity index (χ2n) is 6.01. The van der Waals surface area contributed by atoms with Gasteiger partial charge in [-0.15, -0.1) is 0 Å². The Labute approximate surface area is 160 Å². The van der Waals surface area contributed by atoms with Crippen molar-refractivity contribution in [2.45, 2.75) is 31.4 Å². The fraction of sp³-hybridized carbons (Fsp3) is 0.353. The monoisotopic (exact) mass is 420 g/mol. The first-order chi connectivity index (χ1) is 13.0. The molecule has 0 saturated heterocycles. The molecule has 0 fully saturated rings. The maximum Gasteiger partial charge on any atom is 0.534 e. The quantitative estimate of drug-likeness (QED) is 0.494. The van der Waals surface area contributed by atoms with Crippen LogP contribution >= 0.6 is 0 Å². The van der Waals surface area contributed by atoms with Gasteiger partial charge in [0.15, 0.2) is 0 Å². The van der Waals surface area contributed by atoms with Crippen LogP contribution in [0.1, 0.15) is 18.2 Å². The molecule has 1 aromatic heterocycles. The Hall–Kier alpha value is -2.53. The van der Waals surface area contributed by atoms with Gasteiger partial charge >= 0.3 is 15.6 Å². The van der Waals surface area contributed by atoms with Crippen LogP contribution in [-0.4, -0.2) is 37.3 Å². The number of furan rings is 1. The normalized spacial score (nSPS) is 13.5. The summed E-state index contributed by atoms with van der Waals surface area (Å²) < 4.78 is 69.0. The minimum Gasteiger partial charge on any atom is -0.468 e. The standard InChI is InChI=1S/C17H19F3N2O5S/c1-12(16(21)23)22(11-15-6-3-9-26-15)8-7-13-4-2-5-14(10-13)27-28(24,25)17(18,19)20/h2-6,9-10,12H,7-8,11H2,1H3,(H2,21,23). The molecule has 0 bridgehead atoms. The highest BCUT2D eigenvalue weighted by Gasteiger charge is 2.48. The molecular formula is C17H19F3N2O5S. The highest BCUT2D eigenvalue weighted by molar-refractivity contribution is 7.88. The average molecular weight is 420 g/mol. The molecule has 0 saturated carbocycles. The number of halogens is 3. The number of hydrogen-bond acceptors (Lipinski definition) is 6. The van der Waals surface area contributed by atoms with Gasteiger partial charge in [0.05, 0.1) is 18.8 Å². The Kier molecular flexibility index (Phi) is 6.73. The molecule has 11 heteroatoms. The van der Waals surface area contributed by atoms with Crippen molar-refractivity contribution in [1.82, 2.24) is 4.90 Å². The molecule has 7 nitrogen and oxygen atoms in total. The minimum absolute atomic E-state index is 0.301. The van der Waals surface area contributed by atoms with Crippen LogP contribution in [-0.2, 0) is 27.9 Å². The van der Waals surface area contributed by atoms with E-state index in [9.17, 15) is 26.4 Å². The third kappa shape index (κ3) is 5.73. The van der Waals surface area contributed by atoms with Crippen LogP contribution in [0.4, 0.5) is 13.2 Å². The van der Waals surface area contributed by atoms with E-state index in [2.05, 4.69) is 4.18 Å². The van der Waals surface area contributed by atoms with E-state index in [1.807, 2.05) is 0 Å². The summed E-state index contributed by atoms with van der Waals surface area (Å²) >= 11 is 0. The fourth-order valence-corrected chi connectivity index (χ4v) is 2.84. The molecule has 28 heavy (non-hydrogen) atoms. The molecule has 0 aliphatic rings. The third-order valence-electron chi connectivity index (χ3n) is 3.97. The Bertz CT molecular complexity index is 898. The lowest BCUT2D eigenvalue weighted by atomic mass is 10.1. The number of nitrogens with zero attached hydrogens (tertiary/aromatic N) is 1. The SMILES string of the molecule is CC(C(N)=O)N(CCc1cccc(OS(=O)(=O)C(F)(F)F)c1)Cc1ccco1. The number of benzene rings is 1. The van der Waals surface area contributed by atoms with Crippen molar-refractivity contribution in [1.29, 1.82) is 0 Å². The van der Waals surface area contributed by atoms with Gasteiger partial charge in [-0.25, -0.2) is 0 Å². The van der Waals surface area contributed by atoms with E-state index >= 15 is 0 Å². The van der Waals surface area contributed by atoms with Crippen molar-refractivity contribution in [2.24, 2.45) is 5.73 Å². The van der Waals surface area contributed by atoms with Gasteiger partial charge in [-0.1, -0.05) is 12.1 Å². The lowest BCUT2D eigenvalue weighted by molar-refractivity contribution is -0.122. The Morgan fingerprint density at radius 1 is 1.29 bits per heavy atom. The number of primary amides is 1. The van der Waals surface area contributed by atoms with Gasteiger partial charge in [0.25, 0.3) is 0 Å². The first-order valence-electron chi connectivity index (χ1n) is 8.15. The highest BCUT2D eigenvalue weighted by atomic mass is 32.2. The second-order valence-corrected chi connectivity index (χ2v) is 7.55. The van der Waals surface area contributed by atoms with Crippen molar-refractivity contribution in [3.63, 3.8) is 0 Å². The number of carbonyl (C=O) groups is 1. The summed E-state index contributed by atoms with van der Waals surface area (Å²) in [6, 6.07) is 8.11. The smallest absolute Gasteiger partial charge is 0.468 e. The second kappa shape index (κ2) is 8.65.